The van der Waals surface area contributed by atoms with Crippen molar-refractivity contribution >= 4 is 5.96 Å². The van der Waals surface area contributed by atoms with Gasteiger partial charge in [-0.1, -0.05) is 12.1 Å². The molecule has 1 aromatic carbocycles. The standard InChI is InChI=1S/C21H35FN4O2/c1-23-21(26-11-9-19(10-12-26)28-14-6-13-27-4)24-16-20(25(2)3)17-7-5-8-18(22)15-17/h5,7-8,15,19-20H,6,9-14,16H2,1-4H3,(H,23,24). The first-order valence-electron chi connectivity index (χ1n) is 10.0. The second kappa shape index (κ2) is 12.0. The number of piperidine rings is 1. The highest BCUT2D eigenvalue weighted by Crippen LogP contribution is 2.19. The van der Waals surface area contributed by atoms with Gasteiger partial charge in [0.25, 0.3) is 0 Å². The predicted octanol–water partition coefficient (Wildman–Crippen LogP) is 2.52. The maximum atomic E-state index is 13.6. The molecule has 1 aliphatic heterocycles. The third kappa shape index (κ3) is 7.04. The molecule has 1 aliphatic rings. The van der Waals surface area contributed by atoms with Crippen LogP contribution in [0, 0.1) is 5.82 Å². The average molecular weight is 395 g/mol. The van der Waals surface area contributed by atoms with Crippen molar-refractivity contribution < 1.29 is 13.9 Å². The third-order valence-corrected chi connectivity index (χ3v) is 5.11. The van der Waals surface area contributed by atoms with Gasteiger partial charge in [-0.3, -0.25) is 4.99 Å². The summed E-state index contributed by atoms with van der Waals surface area (Å²) in [6.07, 6.45) is 3.24. The molecule has 0 amide bonds. The number of aliphatic imine (C=N–C) groups is 1. The predicted molar refractivity (Wildman–Crippen MR) is 111 cm³/mol. The molecule has 0 spiro atoms. The molecule has 0 aliphatic carbocycles. The fraction of sp³-hybridized carbons (Fsp3) is 0.667. The van der Waals surface area contributed by atoms with Gasteiger partial charge >= 0.3 is 0 Å². The van der Waals surface area contributed by atoms with Crippen LogP contribution in [-0.2, 0) is 9.47 Å². The van der Waals surface area contributed by atoms with Gasteiger partial charge in [-0.15, -0.1) is 0 Å². The minimum absolute atomic E-state index is 0.0640. The summed E-state index contributed by atoms with van der Waals surface area (Å²) in [6.45, 7) is 4.00. The van der Waals surface area contributed by atoms with Crippen LogP contribution in [-0.4, -0.2) is 83.0 Å². The summed E-state index contributed by atoms with van der Waals surface area (Å²) < 4.78 is 24.6. The monoisotopic (exact) mass is 394 g/mol. The Morgan fingerprint density at radius 3 is 2.68 bits per heavy atom. The molecule has 1 atom stereocenters. The van der Waals surface area contributed by atoms with Crippen LogP contribution < -0.4 is 5.32 Å². The molecule has 0 bridgehead atoms. The first kappa shape index (κ1) is 22.6. The van der Waals surface area contributed by atoms with Crippen molar-refractivity contribution in [3.63, 3.8) is 0 Å². The van der Waals surface area contributed by atoms with E-state index in [2.05, 4.69) is 20.1 Å². The second-order valence-corrected chi connectivity index (χ2v) is 7.37. The molecule has 1 unspecified atom stereocenters. The Balaban J connectivity index is 1.83. The van der Waals surface area contributed by atoms with E-state index in [1.54, 1.807) is 19.2 Å². The van der Waals surface area contributed by atoms with E-state index < -0.39 is 0 Å². The normalized spacial score (nSPS) is 17.2. The van der Waals surface area contributed by atoms with E-state index in [-0.39, 0.29) is 11.9 Å². The molecule has 1 aromatic rings. The molecule has 1 saturated heterocycles. The van der Waals surface area contributed by atoms with Crippen LogP contribution in [0.2, 0.25) is 0 Å². The number of ether oxygens (including phenoxy) is 2. The Bertz CT molecular complexity index is 604. The van der Waals surface area contributed by atoms with Crippen molar-refractivity contribution in [3.05, 3.63) is 35.6 Å². The molecule has 28 heavy (non-hydrogen) atoms. The van der Waals surface area contributed by atoms with E-state index in [0.717, 1.165) is 57.1 Å². The Kier molecular flexibility index (Phi) is 9.67. The van der Waals surface area contributed by atoms with Crippen LogP contribution in [0.4, 0.5) is 4.39 Å². The van der Waals surface area contributed by atoms with Gasteiger partial charge in [0.2, 0.25) is 0 Å². The molecule has 158 valence electrons. The van der Waals surface area contributed by atoms with Crippen LogP contribution in [0.5, 0.6) is 0 Å². The highest BCUT2D eigenvalue weighted by atomic mass is 19.1. The Morgan fingerprint density at radius 2 is 2.07 bits per heavy atom. The summed E-state index contributed by atoms with van der Waals surface area (Å²) in [5, 5.41) is 3.47. The number of nitrogens with one attached hydrogen (secondary N) is 1. The van der Waals surface area contributed by atoms with Crippen LogP contribution >= 0.6 is 0 Å². The summed E-state index contributed by atoms with van der Waals surface area (Å²) in [6, 6.07) is 6.86. The molecule has 7 heteroatoms. The molecule has 2 rings (SSSR count). The Hall–Kier alpha value is -1.70. The van der Waals surface area contributed by atoms with Crippen LogP contribution in [0.3, 0.4) is 0 Å². The average Bonchev–Trinajstić information content (AvgIpc) is 2.69. The lowest BCUT2D eigenvalue weighted by Crippen LogP contribution is -2.48. The van der Waals surface area contributed by atoms with Crippen molar-refractivity contribution in [2.45, 2.75) is 31.4 Å². The lowest BCUT2D eigenvalue weighted by Gasteiger charge is -2.35. The summed E-state index contributed by atoms with van der Waals surface area (Å²) in [5.74, 6) is 0.683. The van der Waals surface area contributed by atoms with Gasteiger partial charge in [-0.2, -0.15) is 0 Å². The van der Waals surface area contributed by atoms with Gasteiger partial charge in [0, 0.05) is 47.0 Å². The zero-order valence-electron chi connectivity index (χ0n) is 17.7. The number of likely N-dealkylation sites (tertiary alicyclic amines) is 1. The topological polar surface area (TPSA) is 49.3 Å². The van der Waals surface area contributed by atoms with Crippen LogP contribution in [0.15, 0.2) is 29.3 Å². The number of nitrogens with zero attached hydrogens (tertiary/aromatic N) is 3. The second-order valence-electron chi connectivity index (χ2n) is 7.37. The van der Waals surface area contributed by atoms with E-state index in [0.29, 0.717) is 12.6 Å². The maximum absolute atomic E-state index is 13.6. The number of guanidine groups is 1. The molecule has 0 saturated carbocycles. The fourth-order valence-electron chi connectivity index (χ4n) is 3.52. The zero-order valence-corrected chi connectivity index (χ0v) is 17.7. The highest BCUT2D eigenvalue weighted by molar-refractivity contribution is 5.80. The number of benzene rings is 1. The Labute approximate surface area is 168 Å². The number of likely N-dealkylation sites (N-methyl/N-ethyl adjacent to an activating group) is 1. The van der Waals surface area contributed by atoms with Crippen molar-refractivity contribution in [1.29, 1.82) is 0 Å². The van der Waals surface area contributed by atoms with Crippen LogP contribution in [0.25, 0.3) is 0 Å². The molecule has 1 N–H and O–H groups in total. The molecule has 1 fully saturated rings. The number of methoxy groups -OCH3 is 1. The fourth-order valence-corrected chi connectivity index (χ4v) is 3.52. The van der Waals surface area contributed by atoms with Crippen molar-refractivity contribution in [2.75, 3.05) is 61.1 Å². The van der Waals surface area contributed by atoms with Crippen molar-refractivity contribution in [3.8, 4) is 0 Å². The molecular weight excluding hydrogens is 359 g/mol. The summed E-state index contributed by atoms with van der Waals surface area (Å²) in [7, 11) is 7.54. The van der Waals surface area contributed by atoms with Crippen molar-refractivity contribution in [1.82, 2.24) is 15.1 Å². The zero-order chi connectivity index (χ0) is 20.4. The van der Waals surface area contributed by atoms with Gasteiger partial charge in [-0.05, 0) is 51.1 Å². The summed E-state index contributed by atoms with van der Waals surface area (Å²) >= 11 is 0. The van der Waals surface area contributed by atoms with E-state index in [9.17, 15) is 4.39 Å². The number of hydrogen-bond donors (Lipinski definition) is 1. The first-order valence-corrected chi connectivity index (χ1v) is 10.0. The summed E-state index contributed by atoms with van der Waals surface area (Å²) in [5.41, 5.74) is 0.955. The van der Waals surface area contributed by atoms with Gasteiger partial charge in [0.05, 0.1) is 12.1 Å². The lowest BCUT2D eigenvalue weighted by atomic mass is 10.1. The quantitative estimate of drug-likeness (QED) is 0.396. The number of halogens is 1. The largest absolute Gasteiger partial charge is 0.385 e. The third-order valence-electron chi connectivity index (χ3n) is 5.11. The molecular formula is C21H35FN4O2. The van der Waals surface area contributed by atoms with Crippen LogP contribution in [0.1, 0.15) is 30.9 Å². The van der Waals surface area contributed by atoms with Gasteiger partial charge < -0.3 is 24.6 Å². The molecule has 0 aromatic heterocycles. The van der Waals surface area contributed by atoms with E-state index >= 15 is 0 Å². The van der Waals surface area contributed by atoms with E-state index in [1.807, 2.05) is 27.2 Å². The van der Waals surface area contributed by atoms with Gasteiger partial charge in [0.1, 0.15) is 5.82 Å². The smallest absolute Gasteiger partial charge is 0.193 e. The minimum Gasteiger partial charge on any atom is -0.385 e. The summed E-state index contributed by atoms with van der Waals surface area (Å²) in [4.78, 5) is 8.81. The molecule has 0 radical (unpaired) electrons. The Morgan fingerprint density at radius 1 is 1.32 bits per heavy atom. The van der Waals surface area contributed by atoms with Gasteiger partial charge in [-0.25, -0.2) is 4.39 Å². The number of hydrogen-bond acceptors (Lipinski definition) is 4. The van der Waals surface area contributed by atoms with Crippen molar-refractivity contribution in [2.24, 2.45) is 4.99 Å². The lowest BCUT2D eigenvalue weighted by molar-refractivity contribution is 0.00987. The molecule has 1 heterocycles. The molecule has 6 nitrogen and oxygen atoms in total. The highest BCUT2D eigenvalue weighted by Gasteiger charge is 2.23. The van der Waals surface area contributed by atoms with E-state index in [1.165, 1.54) is 6.07 Å². The first-order chi connectivity index (χ1) is 13.5. The minimum atomic E-state index is -0.207. The SMILES string of the molecule is CN=C(NCC(c1cccc(F)c1)N(C)C)N1CCC(OCCCOC)CC1. The number of rotatable bonds is 9. The maximum Gasteiger partial charge on any atom is 0.193 e. The van der Waals surface area contributed by atoms with E-state index in [4.69, 9.17) is 9.47 Å². The van der Waals surface area contributed by atoms with Gasteiger partial charge in [0.15, 0.2) is 5.96 Å².